The fourth-order valence-electron chi connectivity index (χ4n) is 2.65. The third-order valence-corrected chi connectivity index (χ3v) is 4.42. The van der Waals surface area contributed by atoms with Crippen LogP contribution in [0.4, 0.5) is 0 Å². The minimum Gasteiger partial charge on any atom is -0.512 e. The monoisotopic (exact) mass is 553 g/mol. The van der Waals surface area contributed by atoms with Crippen LogP contribution in [-0.4, -0.2) is 15.9 Å². The van der Waals surface area contributed by atoms with Gasteiger partial charge in [-0.15, -0.1) is 34.9 Å². The van der Waals surface area contributed by atoms with Crippen molar-refractivity contribution in [2.45, 2.75) is 41.5 Å². The number of ketones is 1. The molecule has 3 nitrogen and oxygen atoms in total. The molecule has 0 aliphatic rings. The summed E-state index contributed by atoms with van der Waals surface area (Å²) in [5, 5.41) is 9.56. The number of allylic oxidation sites excluding steroid dienone is 2. The van der Waals surface area contributed by atoms with E-state index in [1.54, 1.807) is 0 Å². The van der Waals surface area contributed by atoms with Crippen LogP contribution in [0.2, 0.25) is 0 Å². The molecule has 1 N–H and O–H groups in total. The Balaban J connectivity index is 0.000000425. The van der Waals surface area contributed by atoms with Crippen LogP contribution < -0.4 is 0 Å². The number of aromatic nitrogens is 1. The number of hydrogen-bond donors (Lipinski definition) is 1. The van der Waals surface area contributed by atoms with Crippen molar-refractivity contribution in [2.24, 2.45) is 0 Å². The van der Waals surface area contributed by atoms with Gasteiger partial charge in [0.1, 0.15) is 0 Å². The van der Waals surface area contributed by atoms with Crippen LogP contribution in [0, 0.1) is 33.8 Å². The predicted octanol–water partition coefficient (Wildman–Crippen LogP) is 5.97. The van der Waals surface area contributed by atoms with E-state index >= 15 is 0 Å². The van der Waals surface area contributed by atoms with Crippen LogP contribution in [0.3, 0.4) is 0 Å². The van der Waals surface area contributed by atoms with Crippen LogP contribution >= 0.6 is 0 Å². The van der Waals surface area contributed by atoms with Gasteiger partial charge in [-0.05, 0) is 62.0 Å². The SMILES string of the molecule is CC(=O)/C=C(/C)O.Cc1c[c-]c(-c2ccc3cc(C)c(C)cc3n2)cc1C.[Ir]. The van der Waals surface area contributed by atoms with E-state index in [1.807, 2.05) is 6.07 Å². The molecule has 0 amide bonds. The molecule has 4 heteroatoms. The van der Waals surface area contributed by atoms with Crippen LogP contribution in [-0.2, 0) is 24.9 Å². The molecule has 1 aromatic heterocycles. The molecule has 0 aliphatic carbocycles. The van der Waals surface area contributed by atoms with E-state index in [0.29, 0.717) is 0 Å². The summed E-state index contributed by atoms with van der Waals surface area (Å²) in [5.74, 6) is -0.0625. The Labute approximate surface area is 180 Å². The standard InChI is InChI=1S/C19H18N.C5H8O2.Ir/c1-12-5-6-16(9-13(12)2)18-8-7-17-10-14(3)15(4)11-19(17)20-18;1-4(6)3-5(2)7;/h5,7-11H,1-4H3;3,6H,1-2H3;/q-1;;/b;4-3-;. The van der Waals surface area contributed by atoms with E-state index in [2.05, 4.69) is 64.1 Å². The van der Waals surface area contributed by atoms with E-state index < -0.39 is 0 Å². The molecule has 149 valence electrons. The van der Waals surface area contributed by atoms with Crippen LogP contribution in [0.5, 0.6) is 0 Å². The Bertz CT molecular complexity index is 1020. The first-order valence-electron chi connectivity index (χ1n) is 8.92. The van der Waals surface area contributed by atoms with E-state index in [4.69, 9.17) is 10.1 Å². The molecule has 0 saturated carbocycles. The summed E-state index contributed by atoms with van der Waals surface area (Å²) in [7, 11) is 0. The molecule has 1 radical (unpaired) electrons. The Kier molecular flexibility index (Phi) is 8.74. The number of aryl methyl sites for hydroxylation is 4. The Morgan fingerprint density at radius 2 is 1.57 bits per heavy atom. The predicted molar refractivity (Wildman–Crippen MR) is 112 cm³/mol. The first-order valence-corrected chi connectivity index (χ1v) is 8.92. The number of nitrogens with zero attached hydrogens (tertiary/aromatic N) is 1. The molecule has 28 heavy (non-hydrogen) atoms. The Morgan fingerprint density at radius 1 is 0.964 bits per heavy atom. The number of aliphatic hydroxyl groups is 1. The molecule has 0 unspecified atom stereocenters. The minimum atomic E-state index is -0.125. The van der Waals surface area contributed by atoms with Crippen molar-refractivity contribution < 1.29 is 30.0 Å². The van der Waals surface area contributed by atoms with E-state index in [0.717, 1.165) is 16.8 Å². The number of fused-ring (bicyclic) bond motifs is 1. The van der Waals surface area contributed by atoms with Gasteiger partial charge in [0.15, 0.2) is 5.78 Å². The molecule has 2 aromatic carbocycles. The zero-order chi connectivity index (χ0) is 20.1. The number of rotatable bonds is 2. The number of hydrogen-bond acceptors (Lipinski definition) is 3. The summed E-state index contributed by atoms with van der Waals surface area (Å²) in [6.45, 7) is 11.4. The van der Waals surface area contributed by atoms with Crippen LogP contribution in [0.1, 0.15) is 36.1 Å². The number of pyridine rings is 1. The summed E-state index contributed by atoms with van der Waals surface area (Å²) in [6, 6.07) is 16.1. The van der Waals surface area contributed by atoms with Gasteiger partial charge in [0, 0.05) is 26.2 Å². The van der Waals surface area contributed by atoms with Crippen molar-refractivity contribution in [1.29, 1.82) is 0 Å². The third-order valence-electron chi connectivity index (χ3n) is 4.42. The van der Waals surface area contributed by atoms with Gasteiger partial charge in [-0.1, -0.05) is 26.0 Å². The molecular formula is C24H26IrNO2-. The van der Waals surface area contributed by atoms with Gasteiger partial charge in [-0.25, -0.2) is 0 Å². The van der Waals surface area contributed by atoms with Gasteiger partial charge in [0.2, 0.25) is 0 Å². The summed E-state index contributed by atoms with van der Waals surface area (Å²) in [5.41, 5.74) is 8.24. The van der Waals surface area contributed by atoms with Crippen LogP contribution in [0.15, 0.2) is 48.2 Å². The molecule has 0 bridgehead atoms. The van der Waals surface area contributed by atoms with Crippen LogP contribution in [0.25, 0.3) is 22.2 Å². The number of carbonyl (C=O) groups excluding carboxylic acids is 1. The summed E-state index contributed by atoms with van der Waals surface area (Å²) >= 11 is 0. The molecule has 3 rings (SSSR count). The van der Waals surface area contributed by atoms with Crippen molar-refractivity contribution in [3.63, 3.8) is 0 Å². The molecule has 0 fully saturated rings. The Hall–Kier alpha value is -2.29. The largest absolute Gasteiger partial charge is 0.512 e. The van der Waals surface area contributed by atoms with E-state index in [1.165, 1.54) is 47.6 Å². The van der Waals surface area contributed by atoms with E-state index in [-0.39, 0.29) is 31.6 Å². The van der Waals surface area contributed by atoms with E-state index in [9.17, 15) is 4.79 Å². The van der Waals surface area contributed by atoms with Gasteiger partial charge >= 0.3 is 0 Å². The molecule has 1 heterocycles. The maximum absolute atomic E-state index is 10.0. The maximum Gasteiger partial charge on any atom is 0.155 e. The van der Waals surface area contributed by atoms with Gasteiger partial charge in [0.25, 0.3) is 0 Å². The maximum atomic E-state index is 10.0. The van der Waals surface area contributed by atoms with Crippen molar-refractivity contribution in [1.82, 2.24) is 4.98 Å². The van der Waals surface area contributed by atoms with Crippen molar-refractivity contribution in [2.75, 3.05) is 0 Å². The molecule has 0 saturated heterocycles. The van der Waals surface area contributed by atoms with Crippen molar-refractivity contribution in [3.8, 4) is 11.3 Å². The zero-order valence-corrected chi connectivity index (χ0v) is 19.6. The quantitative estimate of drug-likeness (QED) is 0.242. The molecule has 0 atom stereocenters. The Morgan fingerprint density at radius 3 is 2.11 bits per heavy atom. The number of carbonyl (C=O) groups is 1. The number of benzene rings is 2. The average molecular weight is 553 g/mol. The van der Waals surface area contributed by atoms with Gasteiger partial charge in [-0.2, -0.15) is 0 Å². The molecule has 3 aromatic rings. The summed E-state index contributed by atoms with van der Waals surface area (Å²) < 4.78 is 0. The topological polar surface area (TPSA) is 50.2 Å². The summed E-state index contributed by atoms with van der Waals surface area (Å²) in [4.78, 5) is 14.8. The molecule has 0 spiro atoms. The normalized spacial score (nSPS) is 10.7. The van der Waals surface area contributed by atoms with Crippen molar-refractivity contribution >= 4 is 16.7 Å². The fraction of sp³-hybridized carbons (Fsp3) is 0.250. The molecular weight excluding hydrogens is 526 g/mol. The second-order valence-corrected chi connectivity index (χ2v) is 6.93. The second-order valence-electron chi connectivity index (χ2n) is 6.93. The minimum absolute atomic E-state index is 0. The number of aliphatic hydroxyl groups excluding tert-OH is 1. The average Bonchev–Trinajstić information content (AvgIpc) is 2.57. The third kappa shape index (κ3) is 6.40. The van der Waals surface area contributed by atoms with Crippen molar-refractivity contribution in [3.05, 3.63) is 76.6 Å². The van der Waals surface area contributed by atoms with Gasteiger partial charge in [0.05, 0.1) is 11.3 Å². The molecule has 0 aliphatic heterocycles. The van der Waals surface area contributed by atoms with Gasteiger partial charge < -0.3 is 5.11 Å². The smallest absolute Gasteiger partial charge is 0.155 e. The summed E-state index contributed by atoms with van der Waals surface area (Å²) in [6.07, 6.45) is 1.17. The second kappa shape index (κ2) is 10.3. The zero-order valence-electron chi connectivity index (χ0n) is 17.2. The fourth-order valence-corrected chi connectivity index (χ4v) is 2.65. The first-order chi connectivity index (χ1) is 12.7. The van der Waals surface area contributed by atoms with Gasteiger partial charge in [-0.3, -0.25) is 9.78 Å². The first kappa shape index (κ1) is 23.7.